The van der Waals surface area contributed by atoms with Crippen molar-refractivity contribution in [3.8, 4) is 6.07 Å². The van der Waals surface area contributed by atoms with E-state index in [2.05, 4.69) is 10.6 Å². The summed E-state index contributed by atoms with van der Waals surface area (Å²) in [6, 6.07) is 13.4. The van der Waals surface area contributed by atoms with Gasteiger partial charge in [-0.25, -0.2) is 4.79 Å². The van der Waals surface area contributed by atoms with Gasteiger partial charge in [-0.05, 0) is 42.3 Å². The lowest BCUT2D eigenvalue weighted by Crippen LogP contribution is -2.32. The maximum absolute atomic E-state index is 11.9. The van der Waals surface area contributed by atoms with Crippen LogP contribution >= 0.6 is 11.6 Å². The Hall–Kier alpha value is -2.55. The first-order chi connectivity index (χ1) is 11.0. The molecule has 2 rings (SSSR count). The third kappa shape index (κ3) is 4.71. The highest BCUT2D eigenvalue weighted by Crippen LogP contribution is 2.17. The lowest BCUT2D eigenvalue weighted by molar-refractivity contribution is 0.175. The number of carbonyl (C=O) groups excluding carboxylic acids is 1. The van der Waals surface area contributed by atoms with Gasteiger partial charge in [0.15, 0.2) is 0 Å². The smallest absolute Gasteiger partial charge is 0.319 e. The summed E-state index contributed by atoms with van der Waals surface area (Å²) in [4.78, 5) is 11.9. The van der Waals surface area contributed by atoms with Crippen LogP contribution in [0.5, 0.6) is 0 Å². The molecular weight excluding hydrogens is 314 g/mol. The minimum absolute atomic E-state index is 0.0600. The topological polar surface area (TPSA) is 85.2 Å². The molecule has 0 saturated heterocycles. The van der Waals surface area contributed by atoms with Gasteiger partial charge < -0.3 is 15.7 Å². The van der Waals surface area contributed by atoms with Crippen molar-refractivity contribution in [3.05, 3.63) is 64.2 Å². The zero-order valence-electron chi connectivity index (χ0n) is 12.5. The van der Waals surface area contributed by atoms with Gasteiger partial charge in [-0.2, -0.15) is 5.26 Å². The van der Waals surface area contributed by atoms with E-state index in [0.717, 1.165) is 5.56 Å². The first kappa shape index (κ1) is 16.8. The van der Waals surface area contributed by atoms with Gasteiger partial charge in [0.25, 0.3) is 0 Å². The Morgan fingerprint density at radius 2 is 2.00 bits per heavy atom. The zero-order chi connectivity index (χ0) is 16.8. The van der Waals surface area contributed by atoms with Gasteiger partial charge in [0.1, 0.15) is 0 Å². The maximum Gasteiger partial charge on any atom is 0.319 e. The van der Waals surface area contributed by atoms with Crippen LogP contribution in [-0.2, 0) is 0 Å². The highest BCUT2D eigenvalue weighted by Gasteiger charge is 2.10. The van der Waals surface area contributed by atoms with Gasteiger partial charge in [0, 0.05) is 17.3 Å². The monoisotopic (exact) mass is 329 g/mol. The largest absolute Gasteiger partial charge is 0.387 e. The van der Waals surface area contributed by atoms with Crippen LogP contribution < -0.4 is 10.6 Å². The predicted octanol–water partition coefficient (Wildman–Crippen LogP) is 3.38. The molecule has 118 valence electrons. The van der Waals surface area contributed by atoms with Crippen LogP contribution in [0.2, 0.25) is 5.02 Å². The first-order valence-corrected chi connectivity index (χ1v) is 7.36. The number of aliphatic hydroxyl groups is 1. The van der Waals surface area contributed by atoms with Crippen molar-refractivity contribution in [2.24, 2.45) is 0 Å². The van der Waals surface area contributed by atoms with Crippen molar-refractivity contribution >= 4 is 23.3 Å². The number of nitriles is 1. The van der Waals surface area contributed by atoms with Gasteiger partial charge in [0.05, 0.1) is 17.7 Å². The second-order valence-electron chi connectivity index (χ2n) is 5.04. The average molecular weight is 330 g/mol. The van der Waals surface area contributed by atoms with E-state index < -0.39 is 12.1 Å². The second kappa shape index (κ2) is 7.63. The minimum Gasteiger partial charge on any atom is -0.387 e. The number of benzene rings is 2. The molecule has 0 aliphatic rings. The molecule has 1 atom stereocenters. The molecule has 0 saturated carbocycles. The van der Waals surface area contributed by atoms with E-state index in [1.807, 2.05) is 13.0 Å². The van der Waals surface area contributed by atoms with E-state index in [0.29, 0.717) is 21.8 Å². The summed E-state index contributed by atoms with van der Waals surface area (Å²) in [7, 11) is 0. The summed E-state index contributed by atoms with van der Waals surface area (Å²) < 4.78 is 0. The SMILES string of the molecule is Cc1ccc(C#N)cc1NC(=O)NCC(O)c1ccc(Cl)cc1. The number of hydrogen-bond acceptors (Lipinski definition) is 3. The highest BCUT2D eigenvalue weighted by atomic mass is 35.5. The number of halogens is 1. The molecular formula is C17H16ClN3O2. The number of amides is 2. The fraction of sp³-hybridized carbons (Fsp3) is 0.176. The fourth-order valence-electron chi connectivity index (χ4n) is 1.98. The second-order valence-corrected chi connectivity index (χ2v) is 5.48. The number of urea groups is 1. The quantitative estimate of drug-likeness (QED) is 0.803. The van der Waals surface area contributed by atoms with E-state index in [4.69, 9.17) is 16.9 Å². The van der Waals surface area contributed by atoms with Gasteiger partial charge in [-0.3, -0.25) is 0 Å². The lowest BCUT2D eigenvalue weighted by Gasteiger charge is -2.14. The molecule has 2 aromatic carbocycles. The normalized spacial score (nSPS) is 11.4. The Labute approximate surface area is 139 Å². The molecule has 0 aliphatic heterocycles. The molecule has 0 bridgehead atoms. The van der Waals surface area contributed by atoms with E-state index >= 15 is 0 Å². The van der Waals surface area contributed by atoms with Crippen molar-refractivity contribution in [2.45, 2.75) is 13.0 Å². The maximum atomic E-state index is 11.9. The van der Waals surface area contributed by atoms with E-state index in [9.17, 15) is 9.90 Å². The third-order valence-corrected chi connectivity index (χ3v) is 3.58. The zero-order valence-corrected chi connectivity index (χ0v) is 13.3. The highest BCUT2D eigenvalue weighted by molar-refractivity contribution is 6.30. The van der Waals surface area contributed by atoms with Crippen LogP contribution in [-0.4, -0.2) is 17.7 Å². The van der Waals surface area contributed by atoms with Crippen molar-refractivity contribution < 1.29 is 9.90 Å². The van der Waals surface area contributed by atoms with Crippen LogP contribution in [0, 0.1) is 18.3 Å². The third-order valence-electron chi connectivity index (χ3n) is 3.33. The number of anilines is 1. The van der Waals surface area contributed by atoms with Gasteiger partial charge in [-0.1, -0.05) is 29.8 Å². The minimum atomic E-state index is -0.829. The van der Waals surface area contributed by atoms with E-state index in [-0.39, 0.29) is 6.54 Å². The number of rotatable bonds is 4. The van der Waals surface area contributed by atoms with Crippen LogP contribution in [0.3, 0.4) is 0 Å². The number of nitrogens with one attached hydrogen (secondary N) is 2. The van der Waals surface area contributed by atoms with Crippen LogP contribution in [0.15, 0.2) is 42.5 Å². The molecule has 2 amide bonds. The number of nitrogens with zero attached hydrogens (tertiary/aromatic N) is 1. The van der Waals surface area contributed by atoms with Gasteiger partial charge in [0.2, 0.25) is 0 Å². The molecule has 0 spiro atoms. The summed E-state index contributed by atoms with van der Waals surface area (Å²) in [5, 5.41) is 24.8. The van der Waals surface area contributed by atoms with E-state index in [1.165, 1.54) is 0 Å². The Bertz CT molecular complexity index is 738. The molecule has 23 heavy (non-hydrogen) atoms. The molecule has 2 aromatic rings. The van der Waals surface area contributed by atoms with E-state index in [1.54, 1.807) is 42.5 Å². The molecule has 5 nitrogen and oxygen atoms in total. The Morgan fingerprint density at radius 1 is 1.30 bits per heavy atom. The molecule has 3 N–H and O–H groups in total. The fourth-order valence-corrected chi connectivity index (χ4v) is 2.11. The summed E-state index contributed by atoms with van der Waals surface area (Å²) in [5.74, 6) is 0. The Morgan fingerprint density at radius 3 is 2.65 bits per heavy atom. The lowest BCUT2D eigenvalue weighted by atomic mass is 10.1. The number of carbonyl (C=O) groups is 1. The number of hydrogen-bond donors (Lipinski definition) is 3. The Balaban J connectivity index is 1.92. The summed E-state index contributed by atoms with van der Waals surface area (Å²) >= 11 is 5.79. The molecule has 1 unspecified atom stereocenters. The average Bonchev–Trinajstić information content (AvgIpc) is 2.55. The molecule has 6 heteroatoms. The molecule has 0 heterocycles. The van der Waals surface area contributed by atoms with Gasteiger partial charge in [-0.15, -0.1) is 0 Å². The van der Waals surface area contributed by atoms with Crippen molar-refractivity contribution in [1.29, 1.82) is 5.26 Å². The standard InChI is InChI=1S/C17H16ClN3O2/c1-11-2-3-12(9-19)8-15(11)21-17(23)20-10-16(22)13-4-6-14(18)7-5-13/h2-8,16,22H,10H2,1H3,(H2,20,21,23). The molecule has 0 radical (unpaired) electrons. The summed E-state index contributed by atoms with van der Waals surface area (Å²) in [6.07, 6.45) is -0.829. The summed E-state index contributed by atoms with van der Waals surface area (Å²) in [5.41, 5.74) is 2.53. The molecule has 0 aliphatic carbocycles. The van der Waals surface area contributed by atoms with Crippen LogP contribution in [0.4, 0.5) is 10.5 Å². The van der Waals surface area contributed by atoms with Crippen molar-refractivity contribution in [1.82, 2.24) is 5.32 Å². The van der Waals surface area contributed by atoms with Crippen LogP contribution in [0.1, 0.15) is 22.8 Å². The predicted molar refractivity (Wildman–Crippen MR) is 89.3 cm³/mol. The molecule has 0 fully saturated rings. The molecule has 0 aromatic heterocycles. The summed E-state index contributed by atoms with van der Waals surface area (Å²) in [6.45, 7) is 1.89. The Kier molecular flexibility index (Phi) is 5.58. The number of aryl methyl sites for hydroxylation is 1. The first-order valence-electron chi connectivity index (χ1n) is 6.98. The van der Waals surface area contributed by atoms with Crippen molar-refractivity contribution in [3.63, 3.8) is 0 Å². The van der Waals surface area contributed by atoms with Crippen LogP contribution in [0.25, 0.3) is 0 Å². The van der Waals surface area contributed by atoms with Gasteiger partial charge >= 0.3 is 6.03 Å². The van der Waals surface area contributed by atoms with Crippen molar-refractivity contribution in [2.75, 3.05) is 11.9 Å². The number of aliphatic hydroxyl groups excluding tert-OH is 1.